The van der Waals surface area contributed by atoms with Crippen LogP contribution in [-0.4, -0.2) is 41.6 Å². The largest absolute Gasteiger partial charge is 0.368 e. The number of H-pyrrole nitrogens is 1. The van der Waals surface area contributed by atoms with Crippen LogP contribution in [0.2, 0.25) is 0 Å². The summed E-state index contributed by atoms with van der Waals surface area (Å²) in [5.41, 5.74) is 0.923. The fraction of sp³-hybridized carbons (Fsp3) is 0.333. The lowest BCUT2D eigenvalue weighted by Gasteiger charge is -2.34. The third-order valence-corrected chi connectivity index (χ3v) is 3.67. The summed E-state index contributed by atoms with van der Waals surface area (Å²) in [5.74, 6) is 0.398. The summed E-state index contributed by atoms with van der Waals surface area (Å²) in [7, 11) is 0. The number of rotatable bonds is 4. The summed E-state index contributed by atoms with van der Waals surface area (Å²) in [5, 5.41) is 6.06. The van der Waals surface area contributed by atoms with Crippen molar-refractivity contribution in [3.8, 4) is 0 Å². The van der Waals surface area contributed by atoms with Crippen LogP contribution in [0.4, 0.5) is 10.1 Å². The monoisotopic (exact) mass is 303 g/mol. The highest BCUT2D eigenvalue weighted by Gasteiger charge is 2.25. The molecule has 0 unspecified atom stereocenters. The Balaban J connectivity index is 1.57. The maximum atomic E-state index is 13.0. The fourth-order valence-corrected chi connectivity index (χ4v) is 2.50. The van der Waals surface area contributed by atoms with Crippen LogP contribution in [-0.2, 0) is 11.3 Å². The van der Waals surface area contributed by atoms with Gasteiger partial charge in [-0.05, 0) is 24.3 Å². The molecule has 0 radical (unpaired) electrons. The molecule has 0 spiro atoms. The van der Waals surface area contributed by atoms with Crippen molar-refractivity contribution < 1.29 is 9.18 Å². The van der Waals surface area contributed by atoms with Gasteiger partial charge in [-0.25, -0.2) is 9.37 Å². The van der Waals surface area contributed by atoms with Crippen LogP contribution in [0.3, 0.4) is 0 Å². The van der Waals surface area contributed by atoms with E-state index in [4.69, 9.17) is 0 Å². The van der Waals surface area contributed by atoms with Crippen LogP contribution < -0.4 is 15.5 Å². The van der Waals surface area contributed by atoms with E-state index >= 15 is 0 Å². The number of aromatic amines is 1. The Labute approximate surface area is 127 Å². The van der Waals surface area contributed by atoms with Crippen LogP contribution >= 0.6 is 0 Å². The number of hydrogen-bond donors (Lipinski definition) is 3. The minimum Gasteiger partial charge on any atom is -0.368 e. The topological polar surface area (TPSA) is 73.0 Å². The number of carbonyl (C=O) groups excluding carboxylic acids is 1. The van der Waals surface area contributed by atoms with Gasteiger partial charge in [0.1, 0.15) is 17.7 Å². The molecule has 1 aromatic carbocycles. The number of piperazine rings is 1. The molecule has 0 saturated carbocycles. The number of halogens is 1. The molecule has 2 aromatic rings. The molecule has 0 aliphatic carbocycles. The Hall–Kier alpha value is -2.41. The van der Waals surface area contributed by atoms with Crippen LogP contribution in [0.5, 0.6) is 0 Å². The number of anilines is 1. The molecule has 116 valence electrons. The zero-order valence-electron chi connectivity index (χ0n) is 12.1. The van der Waals surface area contributed by atoms with E-state index in [9.17, 15) is 9.18 Å². The van der Waals surface area contributed by atoms with Crippen molar-refractivity contribution in [2.75, 3.05) is 24.5 Å². The minimum atomic E-state index is -0.297. The van der Waals surface area contributed by atoms with Gasteiger partial charge in [-0.2, -0.15) is 0 Å². The van der Waals surface area contributed by atoms with Gasteiger partial charge in [-0.15, -0.1) is 0 Å². The molecular formula is C15H18FN5O. The zero-order chi connectivity index (χ0) is 15.4. The maximum Gasteiger partial charge on any atom is 0.239 e. The van der Waals surface area contributed by atoms with Crippen LogP contribution in [0.25, 0.3) is 0 Å². The normalized spacial score (nSPS) is 18.2. The highest BCUT2D eigenvalue weighted by atomic mass is 19.1. The van der Waals surface area contributed by atoms with E-state index in [1.807, 2.05) is 0 Å². The van der Waals surface area contributed by atoms with E-state index < -0.39 is 0 Å². The average Bonchev–Trinajstić information content (AvgIpc) is 3.07. The summed E-state index contributed by atoms with van der Waals surface area (Å²) in [6.45, 7) is 2.42. The second-order valence-corrected chi connectivity index (χ2v) is 5.18. The molecule has 2 heterocycles. The van der Waals surface area contributed by atoms with Crippen LogP contribution in [0, 0.1) is 5.82 Å². The molecule has 1 aromatic heterocycles. The van der Waals surface area contributed by atoms with Crippen molar-refractivity contribution in [3.63, 3.8) is 0 Å². The first-order valence-electron chi connectivity index (χ1n) is 7.22. The standard InChI is InChI=1S/C15H18FN5O/c16-11-1-3-12(4-2-11)21-8-7-17-13(10-21)15(22)20-9-14-18-5-6-19-14/h1-6,13,17H,7-10H2,(H,18,19)(H,20,22)/t13-/m1/s1. The van der Waals surface area contributed by atoms with E-state index in [0.717, 1.165) is 18.1 Å². The SMILES string of the molecule is O=C(NCc1ncc[nH]1)[C@H]1CN(c2ccc(F)cc2)CCN1. The Morgan fingerprint density at radius 2 is 2.23 bits per heavy atom. The fourth-order valence-electron chi connectivity index (χ4n) is 2.50. The first kappa shape index (κ1) is 14.5. The predicted molar refractivity (Wildman–Crippen MR) is 80.8 cm³/mol. The lowest BCUT2D eigenvalue weighted by atomic mass is 10.1. The number of imidazole rings is 1. The molecule has 0 bridgehead atoms. The number of benzene rings is 1. The summed E-state index contributed by atoms with van der Waals surface area (Å²) in [6, 6.07) is 6.04. The molecule has 3 rings (SSSR count). The molecule has 1 aliphatic heterocycles. The number of carbonyl (C=O) groups is 1. The molecule has 1 fully saturated rings. The summed E-state index contributed by atoms with van der Waals surface area (Å²) in [4.78, 5) is 21.3. The van der Waals surface area contributed by atoms with Gasteiger partial charge in [-0.3, -0.25) is 4.79 Å². The van der Waals surface area contributed by atoms with E-state index in [-0.39, 0.29) is 17.8 Å². The van der Waals surface area contributed by atoms with Crippen molar-refractivity contribution >= 4 is 11.6 Å². The number of nitrogens with one attached hydrogen (secondary N) is 3. The molecule has 22 heavy (non-hydrogen) atoms. The van der Waals surface area contributed by atoms with Gasteiger partial charge < -0.3 is 20.5 Å². The van der Waals surface area contributed by atoms with Gasteiger partial charge in [0.15, 0.2) is 0 Å². The van der Waals surface area contributed by atoms with Crippen molar-refractivity contribution in [2.24, 2.45) is 0 Å². The Morgan fingerprint density at radius 1 is 1.41 bits per heavy atom. The van der Waals surface area contributed by atoms with E-state index in [1.54, 1.807) is 24.5 Å². The van der Waals surface area contributed by atoms with E-state index in [2.05, 4.69) is 25.5 Å². The third kappa shape index (κ3) is 3.43. The van der Waals surface area contributed by atoms with Gasteiger partial charge in [0.25, 0.3) is 0 Å². The molecule has 3 N–H and O–H groups in total. The van der Waals surface area contributed by atoms with Crippen molar-refractivity contribution in [1.29, 1.82) is 0 Å². The quantitative estimate of drug-likeness (QED) is 0.775. The van der Waals surface area contributed by atoms with Gasteiger partial charge in [-0.1, -0.05) is 0 Å². The molecule has 1 aliphatic rings. The minimum absolute atomic E-state index is 0.0665. The van der Waals surface area contributed by atoms with Crippen LogP contribution in [0.1, 0.15) is 5.82 Å². The average molecular weight is 303 g/mol. The Bertz CT molecular complexity index is 613. The first-order chi connectivity index (χ1) is 10.7. The maximum absolute atomic E-state index is 13.0. The highest BCUT2D eigenvalue weighted by molar-refractivity contribution is 5.82. The van der Waals surface area contributed by atoms with Crippen molar-refractivity contribution in [2.45, 2.75) is 12.6 Å². The summed E-state index contributed by atoms with van der Waals surface area (Å²) in [6.07, 6.45) is 3.37. The predicted octanol–water partition coefficient (Wildman–Crippen LogP) is 0.643. The van der Waals surface area contributed by atoms with Crippen molar-refractivity contribution in [1.82, 2.24) is 20.6 Å². The zero-order valence-corrected chi connectivity index (χ0v) is 12.1. The van der Waals surface area contributed by atoms with Gasteiger partial charge in [0, 0.05) is 37.7 Å². The van der Waals surface area contributed by atoms with Gasteiger partial charge >= 0.3 is 0 Å². The number of aromatic nitrogens is 2. The molecule has 1 saturated heterocycles. The first-order valence-corrected chi connectivity index (χ1v) is 7.22. The number of hydrogen-bond acceptors (Lipinski definition) is 4. The van der Waals surface area contributed by atoms with E-state index in [1.165, 1.54) is 12.1 Å². The molecule has 6 nitrogen and oxygen atoms in total. The summed E-state index contributed by atoms with van der Waals surface area (Å²) >= 11 is 0. The van der Waals surface area contributed by atoms with Crippen molar-refractivity contribution in [3.05, 3.63) is 48.3 Å². The summed E-state index contributed by atoms with van der Waals surface area (Å²) < 4.78 is 13.0. The molecule has 1 atom stereocenters. The second kappa shape index (κ2) is 6.57. The Kier molecular flexibility index (Phi) is 4.34. The number of amides is 1. The van der Waals surface area contributed by atoms with Gasteiger partial charge in [0.05, 0.1) is 6.54 Å². The lowest BCUT2D eigenvalue weighted by Crippen LogP contribution is -2.57. The molecular weight excluding hydrogens is 285 g/mol. The smallest absolute Gasteiger partial charge is 0.239 e. The number of nitrogens with zero attached hydrogens (tertiary/aromatic N) is 2. The lowest BCUT2D eigenvalue weighted by molar-refractivity contribution is -0.123. The van der Waals surface area contributed by atoms with Gasteiger partial charge in [0.2, 0.25) is 5.91 Å². The van der Waals surface area contributed by atoms with Crippen LogP contribution in [0.15, 0.2) is 36.7 Å². The highest BCUT2D eigenvalue weighted by Crippen LogP contribution is 2.16. The molecule has 1 amide bonds. The molecule has 7 heteroatoms. The van der Waals surface area contributed by atoms with E-state index in [0.29, 0.717) is 19.6 Å². The third-order valence-electron chi connectivity index (χ3n) is 3.67. The Morgan fingerprint density at radius 3 is 2.95 bits per heavy atom. The second-order valence-electron chi connectivity index (χ2n) is 5.18.